The molecule has 0 aliphatic carbocycles. The van der Waals surface area contributed by atoms with Gasteiger partial charge in [-0.15, -0.1) is 0 Å². The molecular weight excluding hydrogens is 382 g/mol. The van der Waals surface area contributed by atoms with E-state index in [0.717, 1.165) is 32.1 Å². The Morgan fingerprint density at radius 2 is 1.71 bits per heavy atom. The summed E-state index contributed by atoms with van der Waals surface area (Å²) in [6, 6.07) is 8.43. The number of nitrogens with one attached hydrogen (secondary N) is 1. The van der Waals surface area contributed by atoms with Gasteiger partial charge in [-0.25, -0.2) is 0 Å². The van der Waals surface area contributed by atoms with Crippen molar-refractivity contribution in [3.05, 3.63) is 71.0 Å². The predicted molar refractivity (Wildman–Crippen MR) is 133 cm³/mol. The van der Waals surface area contributed by atoms with Gasteiger partial charge in [0, 0.05) is 17.1 Å². The number of aromatic nitrogens is 1. The van der Waals surface area contributed by atoms with Crippen LogP contribution in [-0.4, -0.2) is 26.9 Å². The highest BCUT2D eigenvalue weighted by Crippen LogP contribution is 2.23. The maximum Gasteiger partial charge on any atom is 0.0880 e. The zero-order chi connectivity index (χ0) is 22.9. The Bertz CT molecular complexity index is 910. The molecule has 0 bridgehead atoms. The Morgan fingerprint density at radius 1 is 1.00 bits per heavy atom. The van der Waals surface area contributed by atoms with Crippen molar-refractivity contribution in [1.29, 1.82) is 0 Å². The van der Waals surface area contributed by atoms with E-state index >= 15 is 0 Å². The summed E-state index contributed by atoms with van der Waals surface area (Å²) in [7, 11) is 0. The van der Waals surface area contributed by atoms with Crippen LogP contribution in [0.5, 0.6) is 0 Å². The van der Waals surface area contributed by atoms with Gasteiger partial charge in [0.1, 0.15) is 0 Å². The summed E-state index contributed by atoms with van der Waals surface area (Å²) >= 11 is 0. The van der Waals surface area contributed by atoms with Crippen LogP contribution in [0, 0.1) is 0 Å². The van der Waals surface area contributed by atoms with Crippen LogP contribution in [0.1, 0.15) is 78.7 Å². The Balaban J connectivity index is 1.75. The van der Waals surface area contributed by atoms with Crippen molar-refractivity contribution in [3.8, 4) is 0 Å². The molecule has 1 aromatic carbocycles. The van der Waals surface area contributed by atoms with Crippen molar-refractivity contribution in [2.45, 2.75) is 91.3 Å². The first kappa shape index (κ1) is 25.2. The van der Waals surface area contributed by atoms with Crippen molar-refractivity contribution in [1.82, 2.24) is 4.98 Å². The molecule has 0 spiro atoms. The van der Waals surface area contributed by atoms with E-state index in [-0.39, 0.29) is 0 Å². The van der Waals surface area contributed by atoms with Gasteiger partial charge in [0.2, 0.25) is 0 Å². The summed E-state index contributed by atoms with van der Waals surface area (Å²) in [6.07, 6.45) is 13.9. The molecule has 0 fully saturated rings. The molecule has 31 heavy (non-hydrogen) atoms. The van der Waals surface area contributed by atoms with Gasteiger partial charge >= 0.3 is 0 Å². The predicted octanol–water partition coefficient (Wildman–Crippen LogP) is 7.02. The van der Waals surface area contributed by atoms with E-state index in [1.54, 1.807) is 6.92 Å². The van der Waals surface area contributed by atoms with Crippen molar-refractivity contribution >= 4 is 10.9 Å². The van der Waals surface area contributed by atoms with Gasteiger partial charge in [-0.3, -0.25) is 0 Å². The molecule has 1 aromatic heterocycles. The van der Waals surface area contributed by atoms with Gasteiger partial charge < -0.3 is 15.2 Å². The standard InChI is InChI=1S/C28H41NO2/c1-21(2)10-9-19-28(5,31)27(30)18-16-23(4)12-8-11-22(3)15-17-24-20-29-26-14-7-6-13-25(24)26/h6-7,10,12-15,20,27,29-31H,8-9,11,16-19H2,1-5H3. The number of aromatic amines is 1. The van der Waals surface area contributed by atoms with Gasteiger partial charge in [0.15, 0.2) is 0 Å². The van der Waals surface area contributed by atoms with Crippen LogP contribution in [0.4, 0.5) is 0 Å². The van der Waals surface area contributed by atoms with Crippen LogP contribution in [0.3, 0.4) is 0 Å². The molecule has 0 saturated heterocycles. The van der Waals surface area contributed by atoms with Crippen LogP contribution in [0.2, 0.25) is 0 Å². The maximum atomic E-state index is 10.6. The second-order valence-corrected chi connectivity index (χ2v) is 9.44. The third-order valence-corrected chi connectivity index (χ3v) is 6.11. The summed E-state index contributed by atoms with van der Waals surface area (Å²) in [5.74, 6) is 0. The molecule has 0 saturated carbocycles. The average molecular weight is 424 g/mol. The number of hydrogen-bond acceptors (Lipinski definition) is 2. The molecule has 0 aliphatic heterocycles. The molecule has 1 heterocycles. The lowest BCUT2D eigenvalue weighted by Crippen LogP contribution is -2.39. The van der Waals surface area contributed by atoms with Gasteiger partial charge in [-0.05, 0) is 91.2 Å². The van der Waals surface area contributed by atoms with Crippen LogP contribution in [0.25, 0.3) is 10.9 Å². The first-order valence-corrected chi connectivity index (χ1v) is 11.6. The van der Waals surface area contributed by atoms with Crippen LogP contribution in [-0.2, 0) is 6.42 Å². The monoisotopic (exact) mass is 423 g/mol. The second kappa shape index (κ2) is 12.1. The number of hydrogen-bond donors (Lipinski definition) is 3. The smallest absolute Gasteiger partial charge is 0.0880 e. The molecule has 2 atom stereocenters. The highest BCUT2D eigenvalue weighted by Gasteiger charge is 2.28. The second-order valence-electron chi connectivity index (χ2n) is 9.44. The van der Waals surface area contributed by atoms with E-state index in [4.69, 9.17) is 0 Å². The molecular formula is C28H41NO2. The number of aliphatic hydroxyl groups is 2. The largest absolute Gasteiger partial charge is 0.390 e. The number of benzene rings is 1. The lowest BCUT2D eigenvalue weighted by Gasteiger charge is -2.29. The minimum absolute atomic E-state index is 0.586. The van der Waals surface area contributed by atoms with E-state index < -0.39 is 11.7 Å². The Morgan fingerprint density at radius 3 is 2.45 bits per heavy atom. The number of rotatable bonds is 12. The summed E-state index contributed by atoms with van der Waals surface area (Å²) in [4.78, 5) is 3.34. The highest BCUT2D eigenvalue weighted by atomic mass is 16.3. The molecule has 0 amide bonds. The average Bonchev–Trinajstić information content (AvgIpc) is 3.13. The summed E-state index contributed by atoms with van der Waals surface area (Å²) < 4.78 is 0. The van der Waals surface area contributed by atoms with Gasteiger partial charge in [0.05, 0.1) is 11.7 Å². The maximum absolute atomic E-state index is 10.6. The molecule has 170 valence electrons. The number of fused-ring (bicyclic) bond motifs is 1. The Kier molecular flexibility index (Phi) is 9.80. The summed E-state index contributed by atoms with van der Waals surface area (Å²) in [6.45, 7) is 10.2. The molecule has 0 radical (unpaired) electrons. The highest BCUT2D eigenvalue weighted by molar-refractivity contribution is 5.83. The van der Waals surface area contributed by atoms with Crippen molar-refractivity contribution in [2.24, 2.45) is 0 Å². The first-order chi connectivity index (χ1) is 14.7. The van der Waals surface area contributed by atoms with Gasteiger partial charge in [-0.2, -0.15) is 0 Å². The Labute approximate surface area is 188 Å². The van der Waals surface area contributed by atoms with Crippen molar-refractivity contribution < 1.29 is 10.2 Å². The molecule has 3 nitrogen and oxygen atoms in total. The first-order valence-electron chi connectivity index (χ1n) is 11.6. The third-order valence-electron chi connectivity index (χ3n) is 6.11. The fourth-order valence-electron chi connectivity index (χ4n) is 3.83. The van der Waals surface area contributed by atoms with Crippen LogP contribution >= 0.6 is 0 Å². The zero-order valence-corrected chi connectivity index (χ0v) is 20.0. The quantitative estimate of drug-likeness (QED) is 0.321. The van der Waals surface area contributed by atoms with E-state index in [9.17, 15) is 10.2 Å². The van der Waals surface area contributed by atoms with E-state index in [0.29, 0.717) is 12.8 Å². The lowest BCUT2D eigenvalue weighted by atomic mass is 9.89. The minimum atomic E-state index is -1.03. The van der Waals surface area contributed by atoms with Crippen LogP contribution in [0.15, 0.2) is 65.4 Å². The normalized spacial score (nSPS) is 15.7. The summed E-state index contributed by atoms with van der Waals surface area (Å²) in [5, 5.41) is 22.3. The molecule has 0 aliphatic rings. The van der Waals surface area contributed by atoms with Crippen molar-refractivity contribution in [2.75, 3.05) is 0 Å². The SMILES string of the molecule is CC(C)=CCCC(C)(O)C(O)CCC(C)=CCCC(C)=CCc1c[nH]c2ccccc12. The van der Waals surface area contributed by atoms with Gasteiger partial charge in [-0.1, -0.05) is 53.1 Å². The third kappa shape index (κ3) is 8.51. The number of aliphatic hydroxyl groups excluding tert-OH is 1. The van der Waals surface area contributed by atoms with Gasteiger partial charge in [0.25, 0.3) is 0 Å². The number of para-hydroxylation sites is 1. The Hall–Kier alpha value is -2.10. The van der Waals surface area contributed by atoms with E-state index in [1.807, 2.05) is 0 Å². The number of allylic oxidation sites excluding steroid dienone is 6. The fourth-order valence-corrected chi connectivity index (χ4v) is 3.83. The minimum Gasteiger partial charge on any atom is -0.390 e. The molecule has 2 rings (SSSR count). The van der Waals surface area contributed by atoms with E-state index in [1.165, 1.54) is 33.2 Å². The topological polar surface area (TPSA) is 56.2 Å². The molecule has 3 N–H and O–H groups in total. The molecule has 2 aromatic rings. The zero-order valence-electron chi connectivity index (χ0n) is 20.0. The van der Waals surface area contributed by atoms with E-state index in [2.05, 4.69) is 81.4 Å². The molecule has 2 unspecified atom stereocenters. The van der Waals surface area contributed by atoms with Crippen LogP contribution < -0.4 is 0 Å². The summed E-state index contributed by atoms with van der Waals surface area (Å²) in [5.41, 5.74) is 5.43. The lowest BCUT2D eigenvalue weighted by molar-refractivity contribution is -0.0691. The fraction of sp³-hybridized carbons (Fsp3) is 0.500. The number of H-pyrrole nitrogens is 1. The molecule has 3 heteroatoms. The van der Waals surface area contributed by atoms with Crippen molar-refractivity contribution in [3.63, 3.8) is 0 Å².